The first-order chi connectivity index (χ1) is 37.9. The number of nitrogens with zero attached hydrogens (tertiary/aromatic N) is 3. The van der Waals surface area contributed by atoms with Crippen molar-refractivity contribution >= 4 is 63.8 Å². The molecule has 4 heteroatoms. The lowest BCUT2D eigenvalue weighted by Crippen LogP contribution is -2.43. The molecule has 11 aromatic carbocycles. The number of thiol groups is 1. The Balaban J connectivity index is 0.870. The van der Waals surface area contributed by atoms with Crippen molar-refractivity contribution in [3.8, 4) is 44.5 Å². The summed E-state index contributed by atoms with van der Waals surface area (Å²) in [5.74, 6) is 0. The number of benzene rings is 11. The molecule has 0 aliphatic carbocycles. The molecule has 3 aliphatic heterocycles. The Morgan fingerprint density at radius 1 is 0.256 bits per heavy atom. The van der Waals surface area contributed by atoms with Crippen LogP contribution in [0.5, 0.6) is 0 Å². The molecule has 0 amide bonds. The summed E-state index contributed by atoms with van der Waals surface area (Å²) in [5.41, 5.74) is 27.2. The van der Waals surface area contributed by atoms with Gasteiger partial charge in [-0.2, -0.15) is 12.6 Å². The molecule has 0 bridgehead atoms. The highest BCUT2D eigenvalue weighted by Gasteiger charge is 2.52. The highest BCUT2D eigenvalue weighted by molar-refractivity contribution is 7.81. The van der Waals surface area contributed by atoms with Crippen LogP contribution in [0.4, 0.5) is 51.2 Å². The van der Waals surface area contributed by atoms with Crippen LogP contribution in [0, 0.1) is 0 Å². The SMILES string of the molecule is CC1(C)c2cccc3c2N2c4c1cc(-c1ccc(N(c5ccccc5)c5ccc(-c6ccccc6)cc5)cc1)cc4C(C)(S)c1cc(-c4ccc(N(c5ccccc5)c5ccc(-c6ccccc6)cc5)cc4)cc(c12)C3(C)C. The molecular weight excluding hydrogens is 963 g/mol. The highest BCUT2D eigenvalue weighted by atomic mass is 32.1. The van der Waals surface area contributed by atoms with Crippen LogP contribution in [0.15, 0.2) is 261 Å². The first kappa shape index (κ1) is 47.6. The van der Waals surface area contributed by atoms with Gasteiger partial charge in [0.2, 0.25) is 0 Å². The third kappa shape index (κ3) is 7.57. The largest absolute Gasteiger partial charge is 0.311 e. The summed E-state index contributed by atoms with van der Waals surface area (Å²) in [5, 5.41) is 0. The summed E-state index contributed by atoms with van der Waals surface area (Å²) < 4.78 is -0.640. The van der Waals surface area contributed by atoms with Crippen molar-refractivity contribution in [1.82, 2.24) is 0 Å². The molecule has 3 nitrogen and oxygen atoms in total. The van der Waals surface area contributed by atoms with E-state index in [0.29, 0.717) is 0 Å². The van der Waals surface area contributed by atoms with Gasteiger partial charge < -0.3 is 14.7 Å². The van der Waals surface area contributed by atoms with Gasteiger partial charge in [0.25, 0.3) is 0 Å². The van der Waals surface area contributed by atoms with E-state index in [1.165, 1.54) is 95.0 Å². The smallest absolute Gasteiger partial charge is 0.0640 e. The van der Waals surface area contributed by atoms with E-state index in [1.54, 1.807) is 0 Å². The van der Waals surface area contributed by atoms with Crippen molar-refractivity contribution < 1.29 is 0 Å². The van der Waals surface area contributed by atoms with Crippen LogP contribution in [0.25, 0.3) is 44.5 Å². The van der Waals surface area contributed by atoms with E-state index in [1.807, 2.05) is 0 Å². The molecule has 0 N–H and O–H groups in total. The number of hydrogen-bond acceptors (Lipinski definition) is 4. The van der Waals surface area contributed by atoms with Crippen molar-refractivity contribution in [1.29, 1.82) is 0 Å². The number of para-hydroxylation sites is 3. The topological polar surface area (TPSA) is 9.72 Å². The Bertz CT molecular complexity index is 3790. The molecular formula is C74H59N3S. The van der Waals surface area contributed by atoms with E-state index < -0.39 is 4.75 Å². The molecule has 3 heterocycles. The van der Waals surface area contributed by atoms with Gasteiger partial charge >= 0.3 is 0 Å². The van der Waals surface area contributed by atoms with Crippen molar-refractivity contribution in [2.75, 3.05) is 14.7 Å². The molecule has 0 saturated carbocycles. The van der Waals surface area contributed by atoms with Crippen molar-refractivity contribution in [3.05, 3.63) is 294 Å². The zero-order valence-corrected chi connectivity index (χ0v) is 45.5. The van der Waals surface area contributed by atoms with Gasteiger partial charge in [0.1, 0.15) is 0 Å². The normalized spacial score (nSPS) is 14.6. The number of rotatable bonds is 10. The fourth-order valence-corrected chi connectivity index (χ4v) is 13.2. The fraction of sp³-hybridized carbons (Fsp3) is 0.108. The minimum Gasteiger partial charge on any atom is -0.311 e. The van der Waals surface area contributed by atoms with Gasteiger partial charge in [0.05, 0.1) is 21.8 Å². The summed E-state index contributed by atoms with van der Waals surface area (Å²) in [6, 6.07) is 95.5. The van der Waals surface area contributed by atoms with Crippen molar-refractivity contribution in [2.45, 2.75) is 50.2 Å². The lowest BCUT2D eigenvalue weighted by molar-refractivity contribution is 0.588. The van der Waals surface area contributed by atoms with Crippen LogP contribution < -0.4 is 14.7 Å². The molecule has 376 valence electrons. The third-order valence-corrected chi connectivity index (χ3v) is 17.6. The predicted molar refractivity (Wildman–Crippen MR) is 332 cm³/mol. The Hall–Kier alpha value is -8.83. The van der Waals surface area contributed by atoms with Crippen LogP contribution in [0.3, 0.4) is 0 Å². The molecule has 0 spiro atoms. The zero-order valence-electron chi connectivity index (χ0n) is 44.6. The minimum atomic E-state index is -0.640. The monoisotopic (exact) mass is 1020 g/mol. The molecule has 0 fully saturated rings. The van der Waals surface area contributed by atoms with Gasteiger partial charge in [-0.15, -0.1) is 0 Å². The minimum absolute atomic E-state index is 0.286. The second kappa shape index (κ2) is 18.2. The summed E-state index contributed by atoms with van der Waals surface area (Å²) in [4.78, 5) is 7.33. The zero-order chi connectivity index (χ0) is 52.9. The Morgan fingerprint density at radius 3 is 0.846 bits per heavy atom. The fourth-order valence-electron chi connectivity index (χ4n) is 12.9. The van der Waals surface area contributed by atoms with E-state index in [9.17, 15) is 0 Å². The average molecular weight is 1020 g/mol. The van der Waals surface area contributed by atoms with E-state index in [0.717, 1.165) is 34.1 Å². The van der Waals surface area contributed by atoms with Crippen LogP contribution in [-0.2, 0) is 15.6 Å². The lowest BCUT2D eigenvalue weighted by Gasteiger charge is -2.55. The first-order valence-corrected chi connectivity index (χ1v) is 27.7. The molecule has 0 aromatic heterocycles. The number of anilines is 9. The molecule has 0 atom stereocenters. The van der Waals surface area contributed by atoms with Crippen LogP contribution in [0.1, 0.15) is 68.0 Å². The molecule has 11 aromatic rings. The third-order valence-electron chi connectivity index (χ3n) is 17.1. The standard InChI is InChI=1S/C74H59N3S/c1-72(2)63-27-18-28-64-69(63)77-70-65(72)45-55(53-33-41-61(42-34-53)75(57-23-14-8-15-24-57)59-37-29-51(30-38-59)49-19-10-6-11-20-49)47-67(70)74(5,78)68-48-56(46-66(71(68)77)73(64,3)4)54-35-43-62(44-36-54)76(58-25-16-9-17-26-58)60-39-31-52(32-40-60)50-21-12-7-13-22-50/h6-48,78H,1-5H3. The maximum atomic E-state index is 5.87. The Labute approximate surface area is 464 Å². The van der Waals surface area contributed by atoms with E-state index in [2.05, 4.69) is 310 Å². The van der Waals surface area contributed by atoms with Gasteiger partial charge in [-0.05, 0) is 182 Å². The van der Waals surface area contributed by atoms with Gasteiger partial charge in [-0.3, -0.25) is 0 Å². The van der Waals surface area contributed by atoms with Crippen LogP contribution >= 0.6 is 12.6 Å². The maximum Gasteiger partial charge on any atom is 0.0640 e. The Kier molecular flexibility index (Phi) is 11.1. The van der Waals surface area contributed by atoms with E-state index in [-0.39, 0.29) is 10.8 Å². The Morgan fingerprint density at radius 2 is 0.513 bits per heavy atom. The van der Waals surface area contributed by atoms with Crippen LogP contribution in [0.2, 0.25) is 0 Å². The second-order valence-corrected chi connectivity index (χ2v) is 23.4. The summed E-state index contributed by atoms with van der Waals surface area (Å²) in [6.07, 6.45) is 0. The first-order valence-electron chi connectivity index (χ1n) is 27.2. The average Bonchev–Trinajstić information content (AvgIpc) is 2.52. The molecule has 78 heavy (non-hydrogen) atoms. The second-order valence-electron chi connectivity index (χ2n) is 22.5. The molecule has 3 aliphatic rings. The summed E-state index contributed by atoms with van der Waals surface area (Å²) >= 11 is 5.87. The summed E-state index contributed by atoms with van der Waals surface area (Å²) in [6.45, 7) is 12.0. The van der Waals surface area contributed by atoms with Gasteiger partial charge in [0.15, 0.2) is 0 Å². The lowest BCUT2D eigenvalue weighted by atomic mass is 9.62. The quantitative estimate of drug-likeness (QED) is 0.137. The highest BCUT2D eigenvalue weighted by Crippen LogP contribution is 2.67. The number of hydrogen-bond donors (Lipinski definition) is 1. The molecule has 14 rings (SSSR count). The van der Waals surface area contributed by atoms with E-state index in [4.69, 9.17) is 12.6 Å². The maximum absolute atomic E-state index is 5.87. The molecule has 0 saturated heterocycles. The van der Waals surface area contributed by atoms with Gasteiger partial charge in [-0.1, -0.05) is 191 Å². The van der Waals surface area contributed by atoms with Crippen molar-refractivity contribution in [3.63, 3.8) is 0 Å². The summed E-state index contributed by atoms with van der Waals surface area (Å²) in [7, 11) is 0. The predicted octanol–water partition coefficient (Wildman–Crippen LogP) is 20.5. The van der Waals surface area contributed by atoms with E-state index >= 15 is 0 Å². The molecule has 0 radical (unpaired) electrons. The molecule has 0 unspecified atom stereocenters. The van der Waals surface area contributed by atoms with Gasteiger partial charge in [-0.25, -0.2) is 0 Å². The van der Waals surface area contributed by atoms with Crippen LogP contribution in [-0.4, -0.2) is 0 Å². The van der Waals surface area contributed by atoms with Gasteiger partial charge in [0, 0.05) is 45.0 Å². The van der Waals surface area contributed by atoms with Crippen molar-refractivity contribution in [2.24, 2.45) is 0 Å².